The third kappa shape index (κ3) is 5.05. The largest absolute Gasteiger partial charge is 0.324 e. The zero-order valence-corrected chi connectivity index (χ0v) is 15.0. The van der Waals surface area contributed by atoms with Gasteiger partial charge in [-0.1, -0.05) is 17.7 Å². The minimum Gasteiger partial charge on any atom is -0.324 e. The van der Waals surface area contributed by atoms with Crippen molar-refractivity contribution in [3.8, 4) is 0 Å². The Kier molecular flexibility index (Phi) is 6.60. The van der Waals surface area contributed by atoms with Crippen molar-refractivity contribution in [2.75, 3.05) is 32.0 Å². The number of likely N-dealkylation sites (tertiary alicyclic amines) is 1. The molecule has 0 radical (unpaired) electrons. The smallest absolute Gasteiger partial charge is 0.241 e. The number of hydrogen-bond acceptors (Lipinski definition) is 3. The van der Waals surface area contributed by atoms with E-state index in [0.717, 1.165) is 36.8 Å². The van der Waals surface area contributed by atoms with Crippen molar-refractivity contribution >= 4 is 11.6 Å². The number of nitrogens with zero attached hydrogens (tertiary/aromatic N) is 1. The number of benzene rings is 1. The SMILES string of the molecule is CNCCC1CCN(C(C)C(=O)Nc2ccc(C)cc2C)CC1. The lowest BCUT2D eigenvalue weighted by molar-refractivity contribution is -0.121. The summed E-state index contributed by atoms with van der Waals surface area (Å²) >= 11 is 0. The molecule has 0 aromatic heterocycles. The van der Waals surface area contributed by atoms with E-state index in [1.54, 1.807) is 0 Å². The van der Waals surface area contributed by atoms with Gasteiger partial charge in [-0.15, -0.1) is 0 Å². The van der Waals surface area contributed by atoms with Crippen molar-refractivity contribution in [3.63, 3.8) is 0 Å². The monoisotopic (exact) mass is 317 g/mol. The van der Waals surface area contributed by atoms with Crippen LogP contribution >= 0.6 is 0 Å². The molecule has 1 aromatic rings. The Hall–Kier alpha value is -1.39. The van der Waals surface area contributed by atoms with Gasteiger partial charge in [-0.05, 0) is 84.3 Å². The number of piperidine rings is 1. The highest BCUT2D eigenvalue weighted by atomic mass is 16.2. The second-order valence-corrected chi connectivity index (χ2v) is 6.86. The van der Waals surface area contributed by atoms with Crippen LogP contribution in [-0.2, 0) is 4.79 Å². The first-order chi connectivity index (χ1) is 11.0. The fourth-order valence-corrected chi connectivity index (χ4v) is 3.33. The van der Waals surface area contributed by atoms with Gasteiger partial charge in [-0.3, -0.25) is 9.69 Å². The molecular weight excluding hydrogens is 286 g/mol. The van der Waals surface area contributed by atoms with Crippen LogP contribution in [0, 0.1) is 19.8 Å². The van der Waals surface area contributed by atoms with Crippen molar-refractivity contribution in [2.24, 2.45) is 5.92 Å². The molecule has 1 aromatic carbocycles. The second kappa shape index (κ2) is 8.46. The van der Waals surface area contributed by atoms with Gasteiger partial charge in [0.15, 0.2) is 0 Å². The van der Waals surface area contributed by atoms with E-state index >= 15 is 0 Å². The Morgan fingerprint density at radius 3 is 2.61 bits per heavy atom. The van der Waals surface area contributed by atoms with Crippen LogP contribution in [0.5, 0.6) is 0 Å². The summed E-state index contributed by atoms with van der Waals surface area (Å²) in [7, 11) is 2.01. The van der Waals surface area contributed by atoms with E-state index < -0.39 is 0 Å². The van der Waals surface area contributed by atoms with Gasteiger partial charge >= 0.3 is 0 Å². The third-order valence-corrected chi connectivity index (χ3v) is 5.02. The van der Waals surface area contributed by atoms with Crippen LogP contribution in [0.2, 0.25) is 0 Å². The van der Waals surface area contributed by atoms with Gasteiger partial charge in [-0.2, -0.15) is 0 Å². The first-order valence-electron chi connectivity index (χ1n) is 8.78. The maximum absolute atomic E-state index is 12.5. The summed E-state index contributed by atoms with van der Waals surface area (Å²) < 4.78 is 0. The molecule has 1 saturated heterocycles. The number of hydrogen-bond donors (Lipinski definition) is 2. The zero-order valence-electron chi connectivity index (χ0n) is 15.0. The molecule has 1 fully saturated rings. The summed E-state index contributed by atoms with van der Waals surface area (Å²) in [6, 6.07) is 6.08. The standard InChI is InChI=1S/C19H31N3O/c1-14-5-6-18(15(2)13-14)21-19(23)16(3)22-11-8-17(9-12-22)7-10-20-4/h5-6,13,16-17,20H,7-12H2,1-4H3,(H,21,23). The van der Waals surface area contributed by atoms with Crippen LogP contribution in [0.3, 0.4) is 0 Å². The van der Waals surface area contributed by atoms with E-state index in [1.807, 2.05) is 33.0 Å². The Bertz CT molecular complexity index is 521. The van der Waals surface area contributed by atoms with Gasteiger partial charge in [0.1, 0.15) is 0 Å². The van der Waals surface area contributed by atoms with Crippen LogP contribution in [-0.4, -0.2) is 43.5 Å². The summed E-state index contributed by atoms with van der Waals surface area (Å²) in [5.41, 5.74) is 3.27. The fourth-order valence-electron chi connectivity index (χ4n) is 3.33. The maximum Gasteiger partial charge on any atom is 0.241 e. The van der Waals surface area contributed by atoms with Crippen LogP contribution in [0.4, 0.5) is 5.69 Å². The van der Waals surface area contributed by atoms with Gasteiger partial charge in [-0.25, -0.2) is 0 Å². The minimum absolute atomic E-state index is 0.0686. The first kappa shape index (κ1) is 18.0. The molecule has 0 aliphatic carbocycles. The molecule has 1 aliphatic rings. The summed E-state index contributed by atoms with van der Waals surface area (Å²) in [5, 5.41) is 6.32. The lowest BCUT2D eigenvalue weighted by Crippen LogP contribution is -2.46. The van der Waals surface area contributed by atoms with Crippen molar-refractivity contribution in [3.05, 3.63) is 29.3 Å². The van der Waals surface area contributed by atoms with Crippen molar-refractivity contribution in [2.45, 2.75) is 46.1 Å². The molecule has 1 aliphatic heterocycles. The molecule has 1 heterocycles. The normalized spacial score (nSPS) is 17.9. The van der Waals surface area contributed by atoms with E-state index in [2.05, 4.69) is 28.5 Å². The first-order valence-corrected chi connectivity index (χ1v) is 8.78. The van der Waals surface area contributed by atoms with E-state index in [0.29, 0.717) is 0 Å². The van der Waals surface area contributed by atoms with Crippen LogP contribution in [0.25, 0.3) is 0 Å². The van der Waals surface area contributed by atoms with Gasteiger partial charge in [0, 0.05) is 5.69 Å². The summed E-state index contributed by atoms with van der Waals surface area (Å²) in [6.07, 6.45) is 3.64. The van der Waals surface area contributed by atoms with Crippen LogP contribution in [0.15, 0.2) is 18.2 Å². The average Bonchev–Trinajstić information content (AvgIpc) is 2.55. The Morgan fingerprint density at radius 2 is 2.00 bits per heavy atom. The average molecular weight is 317 g/mol. The summed E-state index contributed by atoms with van der Waals surface area (Å²) in [6.45, 7) is 9.27. The Balaban J connectivity index is 1.85. The van der Waals surface area contributed by atoms with E-state index in [1.165, 1.54) is 24.8 Å². The molecular formula is C19H31N3O. The van der Waals surface area contributed by atoms with Crippen molar-refractivity contribution in [1.29, 1.82) is 0 Å². The summed E-state index contributed by atoms with van der Waals surface area (Å²) in [5.74, 6) is 0.902. The molecule has 2 N–H and O–H groups in total. The Morgan fingerprint density at radius 1 is 1.30 bits per heavy atom. The molecule has 0 saturated carbocycles. The number of aryl methyl sites for hydroxylation is 2. The molecule has 0 bridgehead atoms. The minimum atomic E-state index is -0.0686. The third-order valence-electron chi connectivity index (χ3n) is 5.02. The lowest BCUT2D eigenvalue weighted by Gasteiger charge is -2.35. The number of nitrogens with one attached hydrogen (secondary N) is 2. The van der Waals surface area contributed by atoms with Gasteiger partial charge in [0.05, 0.1) is 6.04 Å². The van der Waals surface area contributed by atoms with Gasteiger partial charge in [0.25, 0.3) is 0 Å². The lowest BCUT2D eigenvalue weighted by atomic mass is 9.93. The van der Waals surface area contributed by atoms with E-state index in [-0.39, 0.29) is 11.9 Å². The van der Waals surface area contributed by atoms with Gasteiger partial charge in [0.2, 0.25) is 5.91 Å². The van der Waals surface area contributed by atoms with Crippen molar-refractivity contribution < 1.29 is 4.79 Å². The van der Waals surface area contributed by atoms with Gasteiger partial charge < -0.3 is 10.6 Å². The predicted molar refractivity (Wildman–Crippen MR) is 96.8 cm³/mol. The number of carbonyl (C=O) groups excluding carboxylic acids is 1. The number of carbonyl (C=O) groups is 1. The molecule has 0 spiro atoms. The number of rotatable bonds is 6. The maximum atomic E-state index is 12.5. The van der Waals surface area contributed by atoms with Crippen LogP contribution < -0.4 is 10.6 Å². The zero-order chi connectivity index (χ0) is 16.8. The highest BCUT2D eigenvalue weighted by Crippen LogP contribution is 2.22. The molecule has 1 unspecified atom stereocenters. The second-order valence-electron chi connectivity index (χ2n) is 6.86. The van der Waals surface area contributed by atoms with E-state index in [9.17, 15) is 4.79 Å². The number of amides is 1. The topological polar surface area (TPSA) is 44.4 Å². The highest BCUT2D eigenvalue weighted by molar-refractivity contribution is 5.95. The Labute approximate surface area is 140 Å². The number of anilines is 1. The molecule has 128 valence electrons. The fraction of sp³-hybridized carbons (Fsp3) is 0.632. The molecule has 23 heavy (non-hydrogen) atoms. The van der Waals surface area contributed by atoms with E-state index in [4.69, 9.17) is 0 Å². The molecule has 2 rings (SSSR count). The van der Waals surface area contributed by atoms with Crippen LogP contribution in [0.1, 0.15) is 37.3 Å². The van der Waals surface area contributed by atoms with Crippen molar-refractivity contribution in [1.82, 2.24) is 10.2 Å². The molecule has 4 nitrogen and oxygen atoms in total. The quantitative estimate of drug-likeness (QED) is 0.848. The highest BCUT2D eigenvalue weighted by Gasteiger charge is 2.26. The summed E-state index contributed by atoms with van der Waals surface area (Å²) in [4.78, 5) is 14.9. The predicted octanol–water partition coefficient (Wildman–Crippen LogP) is 2.95. The molecule has 1 atom stereocenters. The molecule has 1 amide bonds. The molecule has 4 heteroatoms.